The van der Waals surface area contributed by atoms with Crippen LogP contribution in [-0.2, 0) is 20.5 Å². The normalized spacial score (nSPS) is 11.1. The number of aromatic amines is 1. The molecule has 0 unspecified atom stereocenters. The second-order valence-corrected chi connectivity index (χ2v) is 7.20. The smallest absolute Gasteiger partial charge is 0.332 e. The van der Waals surface area contributed by atoms with Crippen molar-refractivity contribution in [2.45, 2.75) is 6.42 Å². The molecule has 11 heteroatoms. The number of hydrogen-bond acceptors (Lipinski definition) is 5. The fourth-order valence-electron chi connectivity index (χ4n) is 3.31. The van der Waals surface area contributed by atoms with Crippen molar-refractivity contribution in [3.63, 3.8) is 0 Å². The van der Waals surface area contributed by atoms with Gasteiger partial charge in [-0.25, -0.2) is 14.2 Å². The quantitative estimate of drug-likeness (QED) is 0.462. The predicted molar refractivity (Wildman–Crippen MR) is 115 cm³/mol. The Kier molecular flexibility index (Phi) is 5.31. The number of H-pyrrole nitrogens is 1. The molecular formula is C21H19FN6O4. The number of hydrogen-bond donors (Lipinski definition) is 2. The number of pyridine rings is 1. The number of nitrogens with one attached hydrogen (secondary N) is 2. The summed E-state index contributed by atoms with van der Waals surface area (Å²) in [5.41, 5.74) is -0.190. The Labute approximate surface area is 179 Å². The van der Waals surface area contributed by atoms with E-state index < -0.39 is 23.0 Å². The predicted octanol–water partition coefficient (Wildman–Crippen LogP) is 0.223. The van der Waals surface area contributed by atoms with Gasteiger partial charge < -0.3 is 10.3 Å². The van der Waals surface area contributed by atoms with Crippen molar-refractivity contribution >= 4 is 17.1 Å². The van der Waals surface area contributed by atoms with Crippen LogP contribution in [0.2, 0.25) is 0 Å². The zero-order valence-corrected chi connectivity index (χ0v) is 17.3. The fraction of sp³-hybridized carbons (Fsp3) is 0.190. The number of imidazole rings is 1. The second-order valence-electron chi connectivity index (χ2n) is 7.20. The van der Waals surface area contributed by atoms with E-state index in [-0.39, 0.29) is 35.3 Å². The van der Waals surface area contributed by atoms with E-state index in [2.05, 4.69) is 15.3 Å². The number of aryl methyl sites for hydroxylation is 1. The van der Waals surface area contributed by atoms with Gasteiger partial charge >= 0.3 is 5.69 Å². The van der Waals surface area contributed by atoms with Gasteiger partial charge in [0.25, 0.3) is 17.0 Å². The summed E-state index contributed by atoms with van der Waals surface area (Å²) >= 11 is 0. The molecule has 0 radical (unpaired) electrons. The van der Waals surface area contributed by atoms with Crippen LogP contribution in [0.1, 0.15) is 16.2 Å². The summed E-state index contributed by atoms with van der Waals surface area (Å²) in [4.78, 5) is 56.1. The molecule has 32 heavy (non-hydrogen) atoms. The molecule has 0 bridgehead atoms. The number of benzene rings is 1. The van der Waals surface area contributed by atoms with Crippen LogP contribution in [0.15, 0.2) is 57.0 Å². The van der Waals surface area contributed by atoms with Crippen molar-refractivity contribution < 1.29 is 9.18 Å². The van der Waals surface area contributed by atoms with Crippen LogP contribution < -0.4 is 22.1 Å². The Bertz CT molecular complexity index is 1510. The maximum atomic E-state index is 13.1. The van der Waals surface area contributed by atoms with E-state index in [0.29, 0.717) is 11.5 Å². The summed E-state index contributed by atoms with van der Waals surface area (Å²) in [6.45, 7) is 0.197. The average Bonchev–Trinajstić information content (AvgIpc) is 3.21. The van der Waals surface area contributed by atoms with Crippen LogP contribution in [0.4, 0.5) is 4.39 Å². The third-order valence-electron chi connectivity index (χ3n) is 5.07. The van der Waals surface area contributed by atoms with Gasteiger partial charge in [-0.3, -0.25) is 28.1 Å². The first-order valence-electron chi connectivity index (χ1n) is 9.67. The third kappa shape index (κ3) is 3.75. The molecule has 2 N–H and O–H groups in total. The second kappa shape index (κ2) is 8.10. The van der Waals surface area contributed by atoms with Crippen LogP contribution in [0.5, 0.6) is 0 Å². The lowest BCUT2D eigenvalue weighted by molar-refractivity contribution is 0.0953. The van der Waals surface area contributed by atoms with E-state index in [9.17, 15) is 23.6 Å². The van der Waals surface area contributed by atoms with E-state index in [1.165, 1.54) is 65.8 Å². The van der Waals surface area contributed by atoms with Gasteiger partial charge in [0.05, 0.1) is 5.56 Å². The zero-order chi connectivity index (χ0) is 23.0. The van der Waals surface area contributed by atoms with Crippen molar-refractivity contribution in [3.8, 4) is 5.69 Å². The van der Waals surface area contributed by atoms with E-state index >= 15 is 0 Å². The minimum absolute atomic E-state index is 0.197. The molecule has 0 atom stereocenters. The SMILES string of the molecule is Cn1c(=O)c2[nH]c(CCNC(=O)c3ccc(=O)n(-c4ccc(F)cc4)c3)nc2n(C)c1=O. The molecule has 10 nitrogen and oxygen atoms in total. The van der Waals surface area contributed by atoms with Crippen molar-refractivity contribution in [2.75, 3.05) is 6.54 Å². The van der Waals surface area contributed by atoms with Gasteiger partial charge in [-0.1, -0.05) is 0 Å². The summed E-state index contributed by atoms with van der Waals surface area (Å²) in [7, 11) is 2.91. The molecule has 0 saturated heterocycles. The van der Waals surface area contributed by atoms with Gasteiger partial charge in [0.1, 0.15) is 17.2 Å². The molecule has 1 aromatic carbocycles. The number of fused-ring (bicyclic) bond motifs is 1. The minimum Gasteiger partial charge on any atom is -0.352 e. The van der Waals surface area contributed by atoms with E-state index in [1.807, 2.05) is 0 Å². The van der Waals surface area contributed by atoms with Gasteiger partial charge in [-0.05, 0) is 30.3 Å². The highest BCUT2D eigenvalue weighted by atomic mass is 19.1. The zero-order valence-electron chi connectivity index (χ0n) is 17.3. The topological polar surface area (TPSA) is 124 Å². The lowest BCUT2D eigenvalue weighted by Gasteiger charge is -2.09. The largest absolute Gasteiger partial charge is 0.352 e. The van der Waals surface area contributed by atoms with Crippen molar-refractivity contribution in [1.29, 1.82) is 0 Å². The molecule has 3 heterocycles. The van der Waals surface area contributed by atoms with Gasteiger partial charge in [0.15, 0.2) is 5.65 Å². The molecule has 4 aromatic rings. The molecule has 0 spiro atoms. The number of aromatic nitrogens is 5. The Morgan fingerprint density at radius 2 is 1.78 bits per heavy atom. The highest BCUT2D eigenvalue weighted by Gasteiger charge is 2.14. The van der Waals surface area contributed by atoms with Crippen LogP contribution in [0.25, 0.3) is 16.9 Å². The first-order chi connectivity index (χ1) is 15.3. The Balaban J connectivity index is 1.50. The number of rotatable bonds is 5. The monoisotopic (exact) mass is 438 g/mol. The van der Waals surface area contributed by atoms with E-state index in [1.54, 1.807) is 0 Å². The number of carbonyl (C=O) groups is 1. The Morgan fingerprint density at radius 1 is 1.06 bits per heavy atom. The summed E-state index contributed by atoms with van der Waals surface area (Å²) in [6, 6.07) is 8.00. The molecule has 3 aromatic heterocycles. The molecule has 164 valence electrons. The molecule has 4 rings (SSSR count). The van der Waals surface area contributed by atoms with Gasteiger partial charge in [0, 0.05) is 45.0 Å². The van der Waals surface area contributed by atoms with E-state index in [4.69, 9.17) is 0 Å². The van der Waals surface area contributed by atoms with Crippen LogP contribution >= 0.6 is 0 Å². The Hall–Kier alpha value is -4.28. The van der Waals surface area contributed by atoms with Crippen LogP contribution in [0.3, 0.4) is 0 Å². The highest BCUT2D eigenvalue weighted by molar-refractivity contribution is 5.93. The summed E-state index contributed by atoms with van der Waals surface area (Å²) in [6.07, 6.45) is 1.67. The van der Waals surface area contributed by atoms with Gasteiger partial charge in [0.2, 0.25) is 0 Å². The first-order valence-corrected chi connectivity index (χ1v) is 9.67. The lowest BCUT2D eigenvalue weighted by atomic mass is 10.2. The molecular weight excluding hydrogens is 419 g/mol. The van der Waals surface area contributed by atoms with Crippen molar-refractivity contribution in [3.05, 3.63) is 91.0 Å². The summed E-state index contributed by atoms with van der Waals surface area (Å²) < 4.78 is 16.7. The molecule has 1 amide bonds. The van der Waals surface area contributed by atoms with Gasteiger partial charge in [-0.2, -0.15) is 0 Å². The number of amides is 1. The summed E-state index contributed by atoms with van der Waals surface area (Å²) in [5.74, 6) is -0.408. The fourth-order valence-corrected chi connectivity index (χ4v) is 3.31. The standard InChI is InChI=1S/C21H19FN6O4/c1-26-18-17(20(31)27(2)21(26)32)24-15(25-18)9-10-23-19(30)12-3-8-16(29)28(11-12)14-6-4-13(22)5-7-14/h3-8,11H,9-10H2,1-2H3,(H,23,30)(H,24,25). The molecule has 0 fully saturated rings. The molecule has 0 aliphatic carbocycles. The number of carbonyl (C=O) groups excluding carboxylic acids is 1. The Morgan fingerprint density at radius 3 is 2.50 bits per heavy atom. The van der Waals surface area contributed by atoms with Crippen LogP contribution in [-0.4, -0.2) is 36.1 Å². The number of halogens is 1. The first kappa shape index (κ1) is 21.0. The summed E-state index contributed by atoms with van der Waals surface area (Å²) in [5, 5.41) is 2.72. The highest BCUT2D eigenvalue weighted by Crippen LogP contribution is 2.08. The maximum Gasteiger partial charge on any atom is 0.332 e. The minimum atomic E-state index is -0.481. The maximum absolute atomic E-state index is 13.1. The molecule has 0 aliphatic heterocycles. The third-order valence-corrected chi connectivity index (χ3v) is 5.07. The van der Waals surface area contributed by atoms with Crippen molar-refractivity contribution in [2.24, 2.45) is 14.1 Å². The molecule has 0 saturated carbocycles. The molecule has 0 aliphatic rings. The number of nitrogens with zero attached hydrogens (tertiary/aromatic N) is 4. The lowest BCUT2D eigenvalue weighted by Crippen LogP contribution is -2.36. The van der Waals surface area contributed by atoms with Crippen LogP contribution in [0, 0.1) is 5.82 Å². The van der Waals surface area contributed by atoms with Crippen molar-refractivity contribution in [1.82, 2.24) is 29.0 Å². The van der Waals surface area contributed by atoms with Gasteiger partial charge in [-0.15, -0.1) is 0 Å². The average molecular weight is 438 g/mol. The van der Waals surface area contributed by atoms with E-state index in [0.717, 1.165) is 4.57 Å².